The Morgan fingerprint density at radius 2 is 2.08 bits per heavy atom. The highest BCUT2D eigenvalue weighted by atomic mass is 35.5. The molecule has 0 fully saturated rings. The summed E-state index contributed by atoms with van der Waals surface area (Å²) in [5.74, 6) is -0.919. The van der Waals surface area contributed by atoms with E-state index in [2.05, 4.69) is 5.32 Å². The summed E-state index contributed by atoms with van der Waals surface area (Å²) in [6, 6.07) is 11.6. The Labute approximate surface area is 164 Å². The molecule has 1 atom stereocenters. The topological polar surface area (TPSA) is 55.4 Å². The molecule has 2 aromatic heterocycles. The fraction of sp³-hybridized carbons (Fsp3) is 0.158. The molecule has 4 nitrogen and oxygen atoms in total. The van der Waals surface area contributed by atoms with Gasteiger partial charge in [-0.05, 0) is 30.5 Å². The van der Waals surface area contributed by atoms with Crippen molar-refractivity contribution in [3.05, 3.63) is 62.6 Å². The van der Waals surface area contributed by atoms with Crippen LogP contribution in [0.15, 0.2) is 47.9 Å². The van der Waals surface area contributed by atoms with Crippen molar-refractivity contribution < 1.29 is 14.3 Å². The molecule has 1 aromatic carbocycles. The van der Waals surface area contributed by atoms with Crippen molar-refractivity contribution >= 4 is 62.3 Å². The summed E-state index contributed by atoms with van der Waals surface area (Å²) in [5, 5.41) is 6.24. The van der Waals surface area contributed by atoms with Gasteiger partial charge >= 0.3 is 5.97 Å². The Hall–Kier alpha value is -2.15. The zero-order valence-corrected chi connectivity index (χ0v) is 16.3. The first-order chi connectivity index (χ1) is 12.5. The number of carbonyl (C=O) groups is 2. The number of benzene rings is 1. The first kappa shape index (κ1) is 18.6. The standard InChI is InChI=1S/C19H16ClNO3S2/c1-12(19(23)21-11-13-5-4-10-25-13)24-17(22)9-8-16-18(20)14-6-2-3-7-15(14)26-16/h2-10,12H,11H2,1H3,(H,21,23)/b9-8+/t12-/m1/s1. The number of amides is 1. The molecule has 26 heavy (non-hydrogen) atoms. The van der Waals surface area contributed by atoms with Crippen LogP contribution in [-0.2, 0) is 20.9 Å². The van der Waals surface area contributed by atoms with Crippen LogP contribution < -0.4 is 5.32 Å². The van der Waals surface area contributed by atoms with Crippen molar-refractivity contribution in [1.82, 2.24) is 5.32 Å². The number of esters is 1. The van der Waals surface area contributed by atoms with Gasteiger partial charge in [0.1, 0.15) is 0 Å². The molecule has 1 N–H and O–H groups in total. The molecular weight excluding hydrogens is 390 g/mol. The Morgan fingerprint density at radius 3 is 2.81 bits per heavy atom. The van der Waals surface area contributed by atoms with Crippen LogP contribution in [0.2, 0.25) is 5.02 Å². The Bertz CT molecular complexity index is 947. The number of rotatable bonds is 6. The molecule has 0 unspecified atom stereocenters. The third-order valence-electron chi connectivity index (χ3n) is 3.61. The van der Waals surface area contributed by atoms with Crippen LogP contribution >= 0.6 is 34.3 Å². The maximum absolute atomic E-state index is 12.0. The van der Waals surface area contributed by atoms with Gasteiger partial charge in [-0.1, -0.05) is 35.9 Å². The van der Waals surface area contributed by atoms with Crippen LogP contribution in [0.5, 0.6) is 0 Å². The molecule has 0 aliphatic heterocycles. The molecule has 0 saturated carbocycles. The van der Waals surface area contributed by atoms with E-state index in [-0.39, 0.29) is 5.91 Å². The van der Waals surface area contributed by atoms with E-state index in [1.807, 2.05) is 41.8 Å². The van der Waals surface area contributed by atoms with Crippen LogP contribution in [0.1, 0.15) is 16.7 Å². The first-order valence-electron chi connectivity index (χ1n) is 7.90. The van der Waals surface area contributed by atoms with Crippen LogP contribution in [-0.4, -0.2) is 18.0 Å². The Balaban J connectivity index is 1.56. The predicted molar refractivity (Wildman–Crippen MR) is 108 cm³/mol. The maximum Gasteiger partial charge on any atom is 0.331 e. The first-order valence-corrected chi connectivity index (χ1v) is 9.98. The van der Waals surface area contributed by atoms with Crippen LogP contribution in [0.3, 0.4) is 0 Å². The molecule has 2 heterocycles. The number of nitrogens with one attached hydrogen (secondary N) is 1. The van der Waals surface area contributed by atoms with Gasteiger partial charge in [0, 0.05) is 25.9 Å². The second kappa shape index (κ2) is 8.49. The quantitative estimate of drug-likeness (QED) is 0.469. The monoisotopic (exact) mass is 405 g/mol. The van der Waals surface area contributed by atoms with Crippen LogP contribution in [0.25, 0.3) is 16.2 Å². The number of carbonyl (C=O) groups excluding carboxylic acids is 2. The van der Waals surface area contributed by atoms with E-state index in [0.717, 1.165) is 19.8 Å². The van der Waals surface area contributed by atoms with Gasteiger partial charge in [0.05, 0.1) is 11.6 Å². The minimum absolute atomic E-state index is 0.333. The summed E-state index contributed by atoms with van der Waals surface area (Å²) >= 11 is 9.38. The Morgan fingerprint density at radius 1 is 1.27 bits per heavy atom. The van der Waals surface area contributed by atoms with E-state index in [9.17, 15) is 9.59 Å². The van der Waals surface area contributed by atoms with Gasteiger partial charge in [-0.3, -0.25) is 4.79 Å². The largest absolute Gasteiger partial charge is 0.449 e. The summed E-state index contributed by atoms with van der Waals surface area (Å²) in [4.78, 5) is 25.8. The molecule has 3 rings (SSSR count). The van der Waals surface area contributed by atoms with Gasteiger partial charge in [0.25, 0.3) is 5.91 Å². The molecule has 3 aromatic rings. The molecule has 0 saturated heterocycles. The lowest BCUT2D eigenvalue weighted by atomic mass is 10.2. The smallest absolute Gasteiger partial charge is 0.331 e. The van der Waals surface area contributed by atoms with E-state index in [0.29, 0.717) is 11.6 Å². The number of ether oxygens (including phenoxy) is 1. The third-order valence-corrected chi connectivity index (χ3v) is 6.14. The van der Waals surface area contributed by atoms with Gasteiger partial charge < -0.3 is 10.1 Å². The van der Waals surface area contributed by atoms with Crippen molar-refractivity contribution in [3.63, 3.8) is 0 Å². The lowest BCUT2D eigenvalue weighted by Gasteiger charge is -2.11. The Kier molecular flexibility index (Phi) is 6.08. The van der Waals surface area contributed by atoms with Gasteiger partial charge in [-0.2, -0.15) is 0 Å². The lowest BCUT2D eigenvalue weighted by Crippen LogP contribution is -2.34. The average molecular weight is 406 g/mol. The highest BCUT2D eigenvalue weighted by molar-refractivity contribution is 7.20. The minimum atomic E-state index is -0.870. The molecule has 0 aliphatic rings. The molecule has 0 aliphatic carbocycles. The van der Waals surface area contributed by atoms with Crippen molar-refractivity contribution in [3.8, 4) is 0 Å². The average Bonchev–Trinajstić information content (AvgIpc) is 3.26. The molecule has 0 bridgehead atoms. The number of halogens is 1. The number of thiophene rings is 2. The van der Waals surface area contributed by atoms with Crippen molar-refractivity contribution in [1.29, 1.82) is 0 Å². The van der Waals surface area contributed by atoms with E-state index in [1.165, 1.54) is 17.4 Å². The predicted octanol–water partition coefficient (Wildman–Crippen LogP) is 4.88. The number of hydrogen-bond donors (Lipinski definition) is 1. The van der Waals surface area contributed by atoms with E-state index >= 15 is 0 Å². The normalized spacial score (nSPS) is 12.4. The highest BCUT2D eigenvalue weighted by Crippen LogP contribution is 2.35. The van der Waals surface area contributed by atoms with Crippen LogP contribution in [0.4, 0.5) is 0 Å². The van der Waals surface area contributed by atoms with Gasteiger partial charge in [-0.25, -0.2) is 4.79 Å². The second-order valence-electron chi connectivity index (χ2n) is 5.49. The summed E-state index contributed by atoms with van der Waals surface area (Å²) in [7, 11) is 0. The van der Waals surface area contributed by atoms with E-state index in [1.54, 1.807) is 24.3 Å². The number of hydrogen-bond acceptors (Lipinski definition) is 5. The molecule has 0 spiro atoms. The fourth-order valence-electron chi connectivity index (χ4n) is 2.28. The second-order valence-corrected chi connectivity index (χ2v) is 7.98. The van der Waals surface area contributed by atoms with E-state index < -0.39 is 12.1 Å². The molecular formula is C19H16ClNO3S2. The summed E-state index contributed by atoms with van der Waals surface area (Å²) < 4.78 is 6.19. The molecule has 134 valence electrons. The van der Waals surface area contributed by atoms with Gasteiger partial charge in [0.15, 0.2) is 6.10 Å². The summed E-state index contributed by atoms with van der Waals surface area (Å²) in [6.45, 7) is 1.97. The molecule has 0 radical (unpaired) electrons. The maximum atomic E-state index is 12.0. The zero-order valence-electron chi connectivity index (χ0n) is 13.9. The SMILES string of the molecule is C[C@@H](OC(=O)/C=C/c1sc2ccccc2c1Cl)C(=O)NCc1cccs1. The fourth-order valence-corrected chi connectivity index (χ4v) is 4.33. The minimum Gasteiger partial charge on any atom is -0.449 e. The number of fused-ring (bicyclic) bond motifs is 1. The van der Waals surface area contributed by atoms with Crippen LogP contribution in [0, 0.1) is 0 Å². The molecule has 1 amide bonds. The summed E-state index contributed by atoms with van der Waals surface area (Å²) in [5.41, 5.74) is 0. The highest BCUT2D eigenvalue weighted by Gasteiger charge is 2.16. The van der Waals surface area contributed by atoms with Crippen molar-refractivity contribution in [2.45, 2.75) is 19.6 Å². The summed E-state index contributed by atoms with van der Waals surface area (Å²) in [6.07, 6.45) is 2.04. The van der Waals surface area contributed by atoms with Crippen molar-refractivity contribution in [2.24, 2.45) is 0 Å². The van der Waals surface area contributed by atoms with Gasteiger partial charge in [0.2, 0.25) is 0 Å². The van der Waals surface area contributed by atoms with E-state index in [4.69, 9.17) is 16.3 Å². The third kappa shape index (κ3) is 4.52. The lowest BCUT2D eigenvalue weighted by molar-refractivity contribution is -0.150. The van der Waals surface area contributed by atoms with Crippen molar-refractivity contribution in [2.75, 3.05) is 0 Å². The molecule has 7 heteroatoms. The van der Waals surface area contributed by atoms with Gasteiger partial charge in [-0.15, -0.1) is 22.7 Å². The zero-order chi connectivity index (χ0) is 18.5.